The van der Waals surface area contributed by atoms with Crippen molar-refractivity contribution in [2.24, 2.45) is 5.73 Å². The second kappa shape index (κ2) is 9.14. The molecule has 2 N–H and O–H groups in total. The second-order valence-electron chi connectivity index (χ2n) is 6.54. The van der Waals surface area contributed by atoms with Gasteiger partial charge in [0.25, 0.3) is 0 Å². The molecule has 3 rings (SSSR count). The van der Waals surface area contributed by atoms with Crippen molar-refractivity contribution < 1.29 is 17.6 Å². The van der Waals surface area contributed by atoms with Crippen LogP contribution in [-0.2, 0) is 23.1 Å². The van der Waals surface area contributed by atoms with Crippen LogP contribution in [-0.4, -0.2) is 18.6 Å². The van der Waals surface area contributed by atoms with Gasteiger partial charge in [-0.1, -0.05) is 47.5 Å². The van der Waals surface area contributed by atoms with Gasteiger partial charge in [0.05, 0.1) is 5.02 Å². The van der Waals surface area contributed by atoms with E-state index in [-0.39, 0.29) is 28.0 Å². The Kier molecular flexibility index (Phi) is 6.77. The fourth-order valence-corrected chi connectivity index (χ4v) is 4.96. The first-order valence-electron chi connectivity index (χ1n) is 8.75. The molecule has 0 aromatic heterocycles. The first-order valence-corrected chi connectivity index (χ1v) is 10.9. The maximum atomic E-state index is 13.4. The number of hydrogen-bond donors (Lipinski definition) is 1. The van der Waals surface area contributed by atoms with Crippen LogP contribution in [0.3, 0.4) is 0 Å². The minimum absolute atomic E-state index is 0.0123. The molecule has 0 fully saturated rings. The van der Waals surface area contributed by atoms with Gasteiger partial charge in [-0.25, -0.2) is 12.8 Å². The zero-order valence-electron chi connectivity index (χ0n) is 15.6. The van der Waals surface area contributed by atoms with Gasteiger partial charge in [-0.05, 0) is 53.6 Å². The summed E-state index contributed by atoms with van der Waals surface area (Å²) in [5.74, 6) is -1.00. The van der Waals surface area contributed by atoms with E-state index in [1.54, 1.807) is 12.1 Å². The number of nitrogens with zero attached hydrogens (tertiary/aromatic N) is 1. The number of benzene rings is 3. The first kappa shape index (κ1) is 22.2. The molecule has 0 aliphatic rings. The standard InChI is InChI=1S/C21H17Cl2FN2O3S/c22-17-7-10-19(23)20(11-17)30(28,29)26(13-15-3-8-18(24)9-4-15)12-14-1-5-16(6-2-14)21(25)27/h1-11H,12-13H2,(H2,25,27). The van der Waals surface area contributed by atoms with Gasteiger partial charge in [-0.2, -0.15) is 4.31 Å². The summed E-state index contributed by atoms with van der Waals surface area (Å²) in [7, 11) is -4.06. The molecular formula is C21H17Cl2FN2O3S. The number of primary amides is 1. The summed E-state index contributed by atoms with van der Waals surface area (Å²) in [5, 5.41) is 0.262. The number of nitrogens with two attached hydrogens (primary N) is 1. The topological polar surface area (TPSA) is 80.5 Å². The normalized spacial score (nSPS) is 11.6. The smallest absolute Gasteiger partial charge is 0.248 e. The van der Waals surface area contributed by atoms with Gasteiger partial charge < -0.3 is 5.73 Å². The molecular weight excluding hydrogens is 450 g/mol. The van der Waals surface area contributed by atoms with Gasteiger partial charge in [0.15, 0.2) is 0 Å². The number of rotatable bonds is 7. The summed E-state index contributed by atoms with van der Waals surface area (Å²) in [6.07, 6.45) is 0. The third kappa shape index (κ3) is 5.17. The molecule has 0 radical (unpaired) electrons. The number of sulfonamides is 1. The molecule has 0 unspecified atom stereocenters. The molecule has 0 aliphatic carbocycles. The Labute approximate surface area is 183 Å². The zero-order valence-corrected chi connectivity index (χ0v) is 17.9. The number of amides is 1. The summed E-state index contributed by atoms with van der Waals surface area (Å²) in [6, 6.07) is 16.0. The minimum atomic E-state index is -4.06. The lowest BCUT2D eigenvalue weighted by atomic mass is 10.1. The highest BCUT2D eigenvalue weighted by Gasteiger charge is 2.27. The first-order chi connectivity index (χ1) is 14.2. The van der Waals surface area contributed by atoms with Crippen LogP contribution < -0.4 is 5.73 Å². The molecule has 0 heterocycles. The Hall–Kier alpha value is -2.45. The molecule has 3 aromatic rings. The van der Waals surface area contributed by atoms with E-state index in [1.165, 1.54) is 58.9 Å². The van der Waals surface area contributed by atoms with Crippen molar-refractivity contribution in [1.82, 2.24) is 4.31 Å². The number of hydrogen-bond acceptors (Lipinski definition) is 3. The summed E-state index contributed by atoms with van der Waals surface area (Å²) in [5.41, 5.74) is 6.78. The number of carbonyl (C=O) groups excluding carboxylic acids is 1. The number of halogens is 3. The molecule has 30 heavy (non-hydrogen) atoms. The summed E-state index contributed by atoms with van der Waals surface area (Å²) < 4.78 is 41.3. The molecule has 9 heteroatoms. The minimum Gasteiger partial charge on any atom is -0.366 e. The Morgan fingerprint density at radius 3 is 1.97 bits per heavy atom. The van der Waals surface area contributed by atoms with E-state index in [0.717, 1.165) is 0 Å². The van der Waals surface area contributed by atoms with Crippen molar-refractivity contribution in [3.63, 3.8) is 0 Å². The van der Waals surface area contributed by atoms with E-state index >= 15 is 0 Å². The molecule has 5 nitrogen and oxygen atoms in total. The third-order valence-electron chi connectivity index (χ3n) is 4.38. The molecule has 1 amide bonds. The third-order valence-corrected chi connectivity index (χ3v) is 6.89. The molecule has 0 saturated carbocycles. The second-order valence-corrected chi connectivity index (χ2v) is 9.29. The highest BCUT2D eigenvalue weighted by molar-refractivity contribution is 7.89. The van der Waals surface area contributed by atoms with E-state index in [1.807, 2.05) is 0 Å². The van der Waals surface area contributed by atoms with Gasteiger partial charge in [0.2, 0.25) is 15.9 Å². The highest BCUT2D eigenvalue weighted by atomic mass is 35.5. The van der Waals surface area contributed by atoms with Crippen LogP contribution in [0.25, 0.3) is 0 Å². The van der Waals surface area contributed by atoms with Crippen LogP contribution in [0.5, 0.6) is 0 Å². The molecule has 0 bridgehead atoms. The van der Waals surface area contributed by atoms with Crippen molar-refractivity contribution in [3.8, 4) is 0 Å². The monoisotopic (exact) mass is 466 g/mol. The van der Waals surface area contributed by atoms with E-state index < -0.39 is 21.7 Å². The van der Waals surface area contributed by atoms with Gasteiger partial charge in [0.1, 0.15) is 10.7 Å². The quantitative estimate of drug-likeness (QED) is 0.551. The molecule has 3 aromatic carbocycles. The predicted octanol–water partition coefficient (Wildman–Crippen LogP) is 4.62. The molecule has 0 saturated heterocycles. The van der Waals surface area contributed by atoms with Crippen molar-refractivity contribution in [2.75, 3.05) is 0 Å². The molecule has 0 aliphatic heterocycles. The maximum Gasteiger partial charge on any atom is 0.248 e. The zero-order chi connectivity index (χ0) is 21.9. The fraction of sp³-hybridized carbons (Fsp3) is 0.0952. The van der Waals surface area contributed by atoms with Crippen LogP contribution in [0, 0.1) is 5.82 Å². The van der Waals surface area contributed by atoms with Crippen molar-refractivity contribution in [1.29, 1.82) is 0 Å². The lowest BCUT2D eigenvalue weighted by Crippen LogP contribution is -2.30. The van der Waals surface area contributed by atoms with Crippen molar-refractivity contribution in [2.45, 2.75) is 18.0 Å². The van der Waals surface area contributed by atoms with Gasteiger partial charge in [0, 0.05) is 23.7 Å². The summed E-state index contributed by atoms with van der Waals surface area (Å²) in [4.78, 5) is 11.1. The summed E-state index contributed by atoms with van der Waals surface area (Å²) in [6.45, 7) is -0.0371. The molecule has 156 valence electrons. The Morgan fingerprint density at radius 1 is 0.900 bits per heavy atom. The fourth-order valence-electron chi connectivity index (χ4n) is 2.81. The maximum absolute atomic E-state index is 13.4. The van der Waals surface area contributed by atoms with Gasteiger partial charge >= 0.3 is 0 Å². The predicted molar refractivity (Wildman–Crippen MR) is 114 cm³/mol. The number of carbonyl (C=O) groups is 1. The lowest BCUT2D eigenvalue weighted by molar-refractivity contribution is 0.1000. The van der Waals surface area contributed by atoms with Crippen molar-refractivity contribution in [3.05, 3.63) is 99.3 Å². The Morgan fingerprint density at radius 2 is 1.43 bits per heavy atom. The Balaban J connectivity index is 2.00. The lowest BCUT2D eigenvalue weighted by Gasteiger charge is -2.23. The van der Waals surface area contributed by atoms with Gasteiger partial charge in [-0.15, -0.1) is 0 Å². The highest BCUT2D eigenvalue weighted by Crippen LogP contribution is 2.29. The summed E-state index contributed by atoms with van der Waals surface area (Å²) >= 11 is 12.1. The largest absolute Gasteiger partial charge is 0.366 e. The van der Waals surface area contributed by atoms with Crippen LogP contribution in [0.15, 0.2) is 71.6 Å². The van der Waals surface area contributed by atoms with E-state index in [2.05, 4.69) is 0 Å². The van der Waals surface area contributed by atoms with E-state index in [9.17, 15) is 17.6 Å². The SMILES string of the molecule is NC(=O)c1ccc(CN(Cc2ccc(F)cc2)S(=O)(=O)c2cc(Cl)ccc2Cl)cc1. The van der Waals surface area contributed by atoms with Gasteiger partial charge in [-0.3, -0.25) is 4.79 Å². The van der Waals surface area contributed by atoms with Crippen LogP contribution in [0.4, 0.5) is 4.39 Å². The van der Waals surface area contributed by atoms with Crippen molar-refractivity contribution >= 4 is 39.1 Å². The molecule has 0 atom stereocenters. The van der Waals surface area contributed by atoms with Crippen LogP contribution >= 0.6 is 23.2 Å². The van der Waals surface area contributed by atoms with E-state index in [4.69, 9.17) is 28.9 Å². The van der Waals surface area contributed by atoms with E-state index in [0.29, 0.717) is 16.7 Å². The Bertz CT molecular complexity index is 1170. The van der Waals surface area contributed by atoms with Crippen LogP contribution in [0.2, 0.25) is 10.0 Å². The average molecular weight is 467 g/mol. The van der Waals surface area contributed by atoms with Crippen LogP contribution in [0.1, 0.15) is 21.5 Å². The molecule has 0 spiro atoms. The average Bonchev–Trinajstić information content (AvgIpc) is 2.71.